The van der Waals surface area contributed by atoms with Crippen LogP contribution in [0.25, 0.3) is 6.08 Å². The molecule has 0 fully saturated rings. The molecule has 0 atom stereocenters. The van der Waals surface area contributed by atoms with Gasteiger partial charge in [-0.25, -0.2) is 4.79 Å². The van der Waals surface area contributed by atoms with Crippen LogP contribution in [-0.2, 0) is 11.4 Å². The van der Waals surface area contributed by atoms with Crippen LogP contribution in [-0.4, -0.2) is 16.1 Å². The number of benzene rings is 1. The van der Waals surface area contributed by atoms with E-state index in [1.54, 1.807) is 18.5 Å². The van der Waals surface area contributed by atoms with Crippen LogP contribution in [0.2, 0.25) is 0 Å². The van der Waals surface area contributed by atoms with Crippen LogP contribution in [0.5, 0.6) is 5.75 Å². The van der Waals surface area contributed by atoms with Crippen molar-refractivity contribution in [3.05, 3.63) is 66.0 Å². The standard InChI is InChI=1S/C15H13NO3/c17-15(18)6-5-13-3-1-2-4-14(13)19-11-12-7-9-16-10-8-12/h1-10H,11H2,(H,17,18). The lowest BCUT2D eigenvalue weighted by Crippen LogP contribution is -1.97. The molecule has 4 nitrogen and oxygen atoms in total. The minimum atomic E-state index is -0.982. The maximum Gasteiger partial charge on any atom is 0.328 e. The number of rotatable bonds is 5. The van der Waals surface area contributed by atoms with E-state index in [9.17, 15) is 4.79 Å². The molecule has 2 aromatic rings. The number of carbonyl (C=O) groups is 1. The van der Waals surface area contributed by atoms with Gasteiger partial charge in [0.2, 0.25) is 0 Å². The van der Waals surface area contributed by atoms with Gasteiger partial charge in [0.15, 0.2) is 0 Å². The molecule has 1 heterocycles. The first-order valence-corrected chi connectivity index (χ1v) is 5.77. The predicted molar refractivity (Wildman–Crippen MR) is 71.7 cm³/mol. The Labute approximate surface area is 111 Å². The van der Waals surface area contributed by atoms with E-state index in [-0.39, 0.29) is 0 Å². The van der Waals surface area contributed by atoms with Crippen LogP contribution in [0.4, 0.5) is 0 Å². The smallest absolute Gasteiger partial charge is 0.328 e. The summed E-state index contributed by atoms with van der Waals surface area (Å²) in [6.45, 7) is 0.417. The largest absolute Gasteiger partial charge is 0.488 e. The molecule has 2 rings (SSSR count). The highest BCUT2D eigenvalue weighted by molar-refractivity contribution is 5.85. The second-order valence-electron chi connectivity index (χ2n) is 3.85. The van der Waals surface area contributed by atoms with E-state index in [1.807, 2.05) is 30.3 Å². The summed E-state index contributed by atoms with van der Waals surface area (Å²) < 4.78 is 5.68. The Morgan fingerprint density at radius 2 is 1.95 bits per heavy atom. The number of aliphatic carboxylic acids is 1. The fourth-order valence-electron chi connectivity index (χ4n) is 1.55. The number of hydrogen-bond donors (Lipinski definition) is 1. The van der Waals surface area contributed by atoms with Gasteiger partial charge in [0.1, 0.15) is 12.4 Å². The highest BCUT2D eigenvalue weighted by Gasteiger charge is 2.01. The van der Waals surface area contributed by atoms with Gasteiger partial charge in [0.05, 0.1) is 0 Å². The molecule has 0 aliphatic carbocycles. The summed E-state index contributed by atoms with van der Waals surface area (Å²) >= 11 is 0. The molecule has 1 N–H and O–H groups in total. The average Bonchev–Trinajstić information content (AvgIpc) is 2.45. The van der Waals surface area contributed by atoms with Crippen LogP contribution in [0, 0.1) is 0 Å². The van der Waals surface area contributed by atoms with E-state index < -0.39 is 5.97 Å². The van der Waals surface area contributed by atoms with Gasteiger partial charge in [-0.3, -0.25) is 4.98 Å². The Balaban J connectivity index is 2.10. The summed E-state index contributed by atoms with van der Waals surface area (Å²) in [4.78, 5) is 14.5. The van der Waals surface area contributed by atoms with E-state index in [1.165, 1.54) is 6.08 Å². The number of nitrogens with zero attached hydrogens (tertiary/aromatic N) is 1. The summed E-state index contributed by atoms with van der Waals surface area (Å²) in [6.07, 6.45) is 6.02. The van der Waals surface area contributed by atoms with Crippen LogP contribution in [0.15, 0.2) is 54.9 Å². The Bertz CT molecular complexity index is 579. The second kappa shape index (κ2) is 6.35. The zero-order valence-corrected chi connectivity index (χ0v) is 10.2. The minimum absolute atomic E-state index is 0.417. The SMILES string of the molecule is O=C(O)C=Cc1ccccc1OCc1ccncc1. The molecule has 19 heavy (non-hydrogen) atoms. The second-order valence-corrected chi connectivity index (χ2v) is 3.85. The van der Waals surface area contributed by atoms with Crippen LogP contribution in [0.1, 0.15) is 11.1 Å². The van der Waals surface area contributed by atoms with Crippen LogP contribution >= 0.6 is 0 Å². The van der Waals surface area contributed by atoms with Crippen molar-refractivity contribution in [1.82, 2.24) is 4.98 Å². The van der Waals surface area contributed by atoms with Gasteiger partial charge in [0, 0.05) is 24.0 Å². The third kappa shape index (κ3) is 3.96. The quantitative estimate of drug-likeness (QED) is 0.834. The molecular formula is C15H13NO3. The number of ether oxygens (including phenoxy) is 1. The first-order valence-electron chi connectivity index (χ1n) is 5.77. The van der Waals surface area contributed by atoms with Gasteiger partial charge in [-0.2, -0.15) is 0 Å². The Hall–Kier alpha value is -2.62. The van der Waals surface area contributed by atoms with Crippen molar-refractivity contribution in [2.75, 3.05) is 0 Å². The fraction of sp³-hybridized carbons (Fsp3) is 0.0667. The van der Waals surface area contributed by atoms with Crippen molar-refractivity contribution >= 4 is 12.0 Å². The summed E-state index contributed by atoms with van der Waals surface area (Å²) in [5, 5.41) is 8.64. The molecule has 0 bridgehead atoms. The molecule has 0 saturated carbocycles. The predicted octanol–water partition coefficient (Wildman–Crippen LogP) is 2.76. The number of pyridine rings is 1. The molecule has 4 heteroatoms. The van der Waals surface area contributed by atoms with E-state index in [0.717, 1.165) is 17.2 Å². The van der Waals surface area contributed by atoms with E-state index in [0.29, 0.717) is 12.4 Å². The third-order valence-corrected chi connectivity index (χ3v) is 2.47. The maximum absolute atomic E-state index is 10.5. The third-order valence-electron chi connectivity index (χ3n) is 2.47. The highest BCUT2D eigenvalue weighted by Crippen LogP contribution is 2.20. The van der Waals surface area contributed by atoms with Crippen molar-refractivity contribution in [1.29, 1.82) is 0 Å². The van der Waals surface area contributed by atoms with Gasteiger partial charge in [-0.05, 0) is 29.8 Å². The lowest BCUT2D eigenvalue weighted by atomic mass is 10.2. The van der Waals surface area contributed by atoms with Crippen molar-refractivity contribution in [3.63, 3.8) is 0 Å². The first kappa shape index (κ1) is 12.8. The summed E-state index contributed by atoms with van der Waals surface area (Å²) in [5.41, 5.74) is 1.74. The normalized spacial score (nSPS) is 10.5. The van der Waals surface area contributed by atoms with E-state index in [4.69, 9.17) is 9.84 Å². The zero-order chi connectivity index (χ0) is 13.5. The van der Waals surface area contributed by atoms with Crippen molar-refractivity contribution in [3.8, 4) is 5.75 Å². The van der Waals surface area contributed by atoms with E-state index >= 15 is 0 Å². The molecule has 0 spiro atoms. The van der Waals surface area contributed by atoms with Crippen LogP contribution in [0.3, 0.4) is 0 Å². The number of carboxylic acids is 1. The zero-order valence-electron chi connectivity index (χ0n) is 10.2. The summed E-state index contributed by atoms with van der Waals surface area (Å²) in [7, 11) is 0. The van der Waals surface area contributed by atoms with Gasteiger partial charge in [-0.15, -0.1) is 0 Å². The molecule has 0 unspecified atom stereocenters. The lowest BCUT2D eigenvalue weighted by molar-refractivity contribution is -0.131. The van der Waals surface area contributed by atoms with Crippen molar-refractivity contribution < 1.29 is 14.6 Å². The Morgan fingerprint density at radius 1 is 1.21 bits per heavy atom. The Kier molecular flexibility index (Phi) is 4.29. The number of aromatic nitrogens is 1. The number of carboxylic acid groups (broad SMARTS) is 1. The molecule has 0 aliphatic rings. The molecule has 0 aliphatic heterocycles. The summed E-state index contributed by atoms with van der Waals surface area (Å²) in [5.74, 6) is -0.333. The van der Waals surface area contributed by atoms with Gasteiger partial charge in [-0.1, -0.05) is 18.2 Å². The molecule has 96 valence electrons. The maximum atomic E-state index is 10.5. The van der Waals surface area contributed by atoms with Crippen molar-refractivity contribution in [2.45, 2.75) is 6.61 Å². The fourth-order valence-corrected chi connectivity index (χ4v) is 1.55. The van der Waals surface area contributed by atoms with Gasteiger partial charge < -0.3 is 9.84 Å². The molecule has 1 aromatic carbocycles. The molecular weight excluding hydrogens is 242 g/mol. The minimum Gasteiger partial charge on any atom is -0.488 e. The number of para-hydroxylation sites is 1. The van der Waals surface area contributed by atoms with Crippen molar-refractivity contribution in [2.24, 2.45) is 0 Å². The van der Waals surface area contributed by atoms with Gasteiger partial charge >= 0.3 is 5.97 Å². The molecule has 0 radical (unpaired) electrons. The first-order chi connectivity index (χ1) is 9.25. The van der Waals surface area contributed by atoms with Crippen LogP contribution < -0.4 is 4.74 Å². The lowest BCUT2D eigenvalue weighted by Gasteiger charge is -2.08. The average molecular weight is 255 g/mol. The topological polar surface area (TPSA) is 59.4 Å². The monoisotopic (exact) mass is 255 g/mol. The number of hydrogen-bond acceptors (Lipinski definition) is 3. The molecule has 0 amide bonds. The van der Waals surface area contributed by atoms with E-state index in [2.05, 4.69) is 4.98 Å². The molecule has 1 aromatic heterocycles. The Morgan fingerprint density at radius 3 is 2.68 bits per heavy atom. The highest BCUT2D eigenvalue weighted by atomic mass is 16.5. The van der Waals surface area contributed by atoms with Gasteiger partial charge in [0.25, 0.3) is 0 Å². The molecule has 0 saturated heterocycles. The summed E-state index contributed by atoms with van der Waals surface area (Å²) in [6, 6.07) is 11.0.